The normalized spacial score (nSPS) is 12.7. The Hall–Kier alpha value is -4.89. The topological polar surface area (TPSA) is 29.9 Å². The Bertz CT molecular complexity index is 2610. The second-order valence-corrected chi connectivity index (χ2v) is 15.0. The van der Waals surface area contributed by atoms with E-state index in [0.29, 0.717) is 11.3 Å². The van der Waals surface area contributed by atoms with Gasteiger partial charge in [-0.1, -0.05) is 131 Å². The van der Waals surface area contributed by atoms with Crippen molar-refractivity contribution in [2.75, 3.05) is 0 Å². The molecule has 0 amide bonds. The molecule has 3 nitrogen and oxygen atoms in total. The smallest absolute Gasteiger partial charge is 0.500 e. The van der Waals surface area contributed by atoms with Crippen molar-refractivity contribution in [2.24, 2.45) is 5.41 Å². The first-order valence-corrected chi connectivity index (χ1v) is 17.1. The van der Waals surface area contributed by atoms with E-state index >= 15 is 0 Å². The number of aromatic nitrogens is 2. The number of benzene rings is 5. The molecule has 3 aromatic heterocycles. The molecule has 3 heterocycles. The number of pyridine rings is 2. The van der Waals surface area contributed by atoms with E-state index in [4.69, 9.17) is 7.16 Å². The van der Waals surface area contributed by atoms with Crippen LogP contribution < -0.4 is 4.57 Å². The van der Waals surface area contributed by atoms with Crippen molar-refractivity contribution in [2.45, 2.75) is 53.3 Å². The molecule has 0 aliphatic carbocycles. The van der Waals surface area contributed by atoms with Crippen molar-refractivity contribution < 1.29 is 31.8 Å². The first-order valence-electron chi connectivity index (χ1n) is 18.1. The van der Waals surface area contributed by atoms with E-state index in [0.717, 1.165) is 60.5 Å². The summed E-state index contributed by atoms with van der Waals surface area (Å²) in [5.41, 5.74) is 7.69. The molecule has 4 heteroatoms. The Morgan fingerprint density at radius 1 is 0.784 bits per heavy atom. The van der Waals surface area contributed by atoms with Crippen molar-refractivity contribution in [3.05, 3.63) is 158 Å². The van der Waals surface area contributed by atoms with Crippen LogP contribution in [0.3, 0.4) is 0 Å². The van der Waals surface area contributed by atoms with Crippen LogP contribution in [0.25, 0.3) is 66.0 Å². The standard InChI is InChI=1S/C30H24NO.C17H20N.Ir/c1-30(2,3)18-19-15-16-31-26(17-19)25-10-6-9-23-24-14-13-21-12-11-20-7-4-5-8-22(20)27(21)29(24)32-28(23)25;1-13-8-6-7-9-15(13)16-11-10-14(12-18(16)5)17(2,3)4;/h4-9,11-17H,18H2,1-3H3;6-12H,1,5H2,2-4H3;/q2*-1;+3/i18D2;;. The summed E-state index contributed by atoms with van der Waals surface area (Å²) in [5.74, 6) is 0. The summed E-state index contributed by atoms with van der Waals surface area (Å²) in [6.45, 7) is 16.4. The van der Waals surface area contributed by atoms with Crippen LogP contribution in [0.15, 0.2) is 126 Å². The molecule has 0 spiro atoms. The number of rotatable bonds is 3. The molecule has 0 N–H and O–H groups in total. The van der Waals surface area contributed by atoms with Crippen molar-refractivity contribution in [3.63, 3.8) is 0 Å². The molecular formula is C47H44IrN2O+. The predicted molar refractivity (Wildman–Crippen MR) is 210 cm³/mol. The largest absolute Gasteiger partial charge is 3.00 e. The fourth-order valence-corrected chi connectivity index (χ4v) is 6.56. The van der Waals surface area contributed by atoms with Gasteiger partial charge in [0.1, 0.15) is 5.58 Å². The Balaban J connectivity index is 0.000000215. The minimum absolute atomic E-state index is 0. The summed E-state index contributed by atoms with van der Waals surface area (Å²) < 4.78 is 25.9. The third-order valence-corrected chi connectivity index (χ3v) is 9.03. The van der Waals surface area contributed by atoms with Crippen LogP contribution in [0.4, 0.5) is 0 Å². The Morgan fingerprint density at radius 3 is 2.24 bits per heavy atom. The molecule has 0 atom stereocenters. The molecule has 0 bridgehead atoms. The van der Waals surface area contributed by atoms with Gasteiger partial charge in [-0.2, -0.15) is 18.6 Å². The minimum atomic E-state index is -1.51. The van der Waals surface area contributed by atoms with E-state index in [1.165, 1.54) is 10.9 Å². The van der Waals surface area contributed by atoms with Crippen LogP contribution in [0.2, 0.25) is 0 Å². The van der Waals surface area contributed by atoms with Gasteiger partial charge < -0.3 is 14.0 Å². The fourth-order valence-electron chi connectivity index (χ4n) is 6.56. The molecule has 8 rings (SSSR count). The minimum Gasteiger partial charge on any atom is -0.500 e. The maximum absolute atomic E-state index is 8.70. The second kappa shape index (κ2) is 14.0. The quantitative estimate of drug-likeness (QED) is 0.101. The van der Waals surface area contributed by atoms with Gasteiger partial charge in [0.25, 0.3) is 0 Å². The van der Waals surface area contributed by atoms with E-state index in [-0.39, 0.29) is 25.5 Å². The Labute approximate surface area is 318 Å². The van der Waals surface area contributed by atoms with Gasteiger partial charge in [0.05, 0.1) is 17.5 Å². The third-order valence-electron chi connectivity index (χ3n) is 9.03. The van der Waals surface area contributed by atoms with Crippen LogP contribution in [-0.2, 0) is 31.9 Å². The van der Waals surface area contributed by atoms with Crippen LogP contribution in [-0.4, -0.2) is 4.98 Å². The molecule has 5 aromatic carbocycles. The third kappa shape index (κ3) is 7.31. The number of furan rings is 1. The second-order valence-electron chi connectivity index (χ2n) is 15.0. The SMILES string of the molecule is [2H]C([2H])(c1ccnc(-c2[c-]ccc3c2oc2c3ccc3ccc4ccccc4c32)c1)C(C)(C)C.[CH2-]c1ccccc1-c1ccc(C(C)(C)C)c[n+]1[CH2-].[Ir+3]. The molecular weight excluding hydrogens is 801 g/mol. The van der Waals surface area contributed by atoms with E-state index < -0.39 is 11.8 Å². The van der Waals surface area contributed by atoms with Gasteiger partial charge in [0, 0.05) is 26.8 Å². The Kier molecular flexibility index (Phi) is 9.15. The summed E-state index contributed by atoms with van der Waals surface area (Å²) in [5, 5.41) is 6.62. The van der Waals surface area contributed by atoms with Crippen molar-refractivity contribution in [3.8, 4) is 22.5 Å². The van der Waals surface area contributed by atoms with Crippen molar-refractivity contribution in [1.82, 2.24) is 4.98 Å². The van der Waals surface area contributed by atoms with E-state index in [1.54, 1.807) is 12.3 Å². The fraction of sp³-hybridized carbons (Fsp3) is 0.191. The number of hydrogen-bond acceptors (Lipinski definition) is 2. The zero-order valence-electron chi connectivity index (χ0n) is 32.1. The van der Waals surface area contributed by atoms with Gasteiger partial charge >= 0.3 is 20.1 Å². The van der Waals surface area contributed by atoms with Crippen molar-refractivity contribution in [1.29, 1.82) is 0 Å². The number of nitrogens with zero attached hydrogens (tertiary/aromatic N) is 2. The zero-order chi connectivity index (χ0) is 37.0. The maximum atomic E-state index is 8.70. The van der Waals surface area contributed by atoms with Crippen LogP contribution in [0, 0.1) is 25.5 Å². The maximum Gasteiger partial charge on any atom is 3.00 e. The average Bonchev–Trinajstić information content (AvgIpc) is 3.50. The summed E-state index contributed by atoms with van der Waals surface area (Å²) in [7, 11) is 4.10. The monoisotopic (exact) mass is 847 g/mol. The summed E-state index contributed by atoms with van der Waals surface area (Å²) >= 11 is 0. The summed E-state index contributed by atoms with van der Waals surface area (Å²) in [4.78, 5) is 4.58. The molecule has 0 aliphatic rings. The number of fused-ring (bicyclic) bond motifs is 7. The van der Waals surface area contributed by atoms with E-state index in [1.807, 2.05) is 61.7 Å². The van der Waals surface area contributed by atoms with Crippen LogP contribution in [0.1, 0.15) is 61.0 Å². The molecule has 0 unspecified atom stereocenters. The summed E-state index contributed by atoms with van der Waals surface area (Å²) in [6, 6.07) is 40.1. The first-order chi connectivity index (χ1) is 24.6. The first kappa shape index (κ1) is 33.3. The molecule has 8 aromatic rings. The average molecular weight is 847 g/mol. The number of hydrogen-bond donors (Lipinski definition) is 0. The van der Waals surface area contributed by atoms with E-state index in [2.05, 4.69) is 119 Å². The molecule has 0 fully saturated rings. The van der Waals surface area contributed by atoms with Crippen LogP contribution >= 0.6 is 0 Å². The van der Waals surface area contributed by atoms with Gasteiger partial charge in [-0.3, -0.25) is 0 Å². The van der Waals surface area contributed by atoms with Crippen LogP contribution in [0.5, 0.6) is 0 Å². The molecule has 0 aliphatic heterocycles. The molecule has 256 valence electrons. The van der Waals surface area contributed by atoms with Crippen molar-refractivity contribution >= 4 is 43.5 Å². The Morgan fingerprint density at radius 2 is 1.49 bits per heavy atom. The van der Waals surface area contributed by atoms with Gasteiger partial charge in [0.15, 0.2) is 0 Å². The molecule has 51 heavy (non-hydrogen) atoms. The summed E-state index contributed by atoms with van der Waals surface area (Å²) in [6.07, 6.45) is 2.26. The van der Waals surface area contributed by atoms with E-state index in [9.17, 15) is 0 Å². The molecule has 0 saturated heterocycles. The van der Waals surface area contributed by atoms with Gasteiger partial charge in [-0.25, -0.2) is 0 Å². The predicted octanol–water partition coefficient (Wildman–Crippen LogP) is 12.1. The molecule has 0 radical (unpaired) electrons. The van der Waals surface area contributed by atoms with Gasteiger partial charge in [0.2, 0.25) is 0 Å². The zero-order valence-corrected chi connectivity index (χ0v) is 32.5. The van der Waals surface area contributed by atoms with Gasteiger partial charge in [-0.15, -0.1) is 35.9 Å². The van der Waals surface area contributed by atoms with Gasteiger partial charge in [-0.05, 0) is 50.7 Å². The molecule has 0 saturated carbocycles.